The highest BCUT2D eigenvalue weighted by atomic mass is 32.1. The molecule has 0 aliphatic rings. The molecule has 32 heavy (non-hydrogen) atoms. The Morgan fingerprint density at radius 1 is 0.750 bits per heavy atom. The summed E-state index contributed by atoms with van der Waals surface area (Å²) in [6.45, 7) is 17.6. The summed E-state index contributed by atoms with van der Waals surface area (Å²) in [5, 5.41) is -0.350. The van der Waals surface area contributed by atoms with E-state index >= 15 is 0 Å². The maximum Gasteiger partial charge on any atom is 0.312 e. The molecule has 3 nitrogen and oxygen atoms in total. The molecule has 0 bridgehead atoms. The molecule has 0 saturated carbocycles. The fraction of sp³-hybridized carbons (Fsp3) is 0.429. The summed E-state index contributed by atoms with van der Waals surface area (Å²) in [6.07, 6.45) is 4.02. The molecule has 0 unspecified atom stereocenters. The topological polar surface area (TPSA) is 25.9 Å². The number of imidazole rings is 1. The van der Waals surface area contributed by atoms with Crippen LogP contribution in [-0.4, -0.2) is 9.68 Å². The van der Waals surface area contributed by atoms with E-state index in [4.69, 9.17) is 12.6 Å². The zero-order chi connectivity index (χ0) is 23.7. The van der Waals surface area contributed by atoms with E-state index in [1.807, 2.05) is 21.5 Å². The summed E-state index contributed by atoms with van der Waals surface area (Å²) in [6, 6.07) is 12.9. The highest BCUT2D eigenvalue weighted by molar-refractivity contribution is 7.77. The smallest absolute Gasteiger partial charge is 0.312 e. The highest BCUT2D eigenvalue weighted by Crippen LogP contribution is 2.33. The summed E-state index contributed by atoms with van der Waals surface area (Å²) in [5.41, 5.74) is 7.04. The third-order valence-corrected chi connectivity index (χ3v) is 6.35. The lowest BCUT2D eigenvalue weighted by Gasteiger charge is -2.20. The van der Waals surface area contributed by atoms with Crippen LogP contribution < -0.4 is 4.57 Å². The van der Waals surface area contributed by atoms with Gasteiger partial charge in [-0.1, -0.05) is 91.8 Å². The molecular formula is C28H36N2OS. The number of aromatic nitrogens is 2. The van der Waals surface area contributed by atoms with Crippen LogP contribution in [0.3, 0.4) is 0 Å². The van der Waals surface area contributed by atoms with E-state index in [-0.39, 0.29) is 5.12 Å². The number of carbonyl (C=O) groups excluding carboxylic acids is 1. The zero-order valence-electron chi connectivity index (χ0n) is 20.6. The molecule has 0 N–H and O–H groups in total. The van der Waals surface area contributed by atoms with Gasteiger partial charge in [0.25, 0.3) is 0 Å². The molecular weight excluding hydrogens is 412 g/mol. The number of benzene rings is 2. The largest absolute Gasteiger partial charge is 0.729 e. The molecule has 0 saturated heterocycles. The molecule has 0 fully saturated rings. The van der Waals surface area contributed by atoms with Gasteiger partial charge in [-0.05, 0) is 23.7 Å². The minimum atomic E-state index is -0.350. The van der Waals surface area contributed by atoms with Crippen LogP contribution in [0.2, 0.25) is 0 Å². The molecule has 3 rings (SSSR count). The Balaban J connectivity index is 2.43. The van der Waals surface area contributed by atoms with Gasteiger partial charge in [0, 0.05) is 22.3 Å². The van der Waals surface area contributed by atoms with Crippen molar-refractivity contribution in [1.29, 1.82) is 0 Å². The number of para-hydroxylation sites is 2. The summed E-state index contributed by atoms with van der Waals surface area (Å²) < 4.78 is 4.06. The monoisotopic (exact) mass is 448 g/mol. The summed E-state index contributed by atoms with van der Waals surface area (Å²) in [4.78, 5) is 13.0. The maximum absolute atomic E-state index is 13.0. The minimum Gasteiger partial charge on any atom is -0.729 e. The Hall–Kier alpha value is -2.46. The maximum atomic E-state index is 13.0. The summed E-state index contributed by atoms with van der Waals surface area (Å²) >= 11 is 5.33. The quantitative estimate of drug-likeness (QED) is 0.289. The van der Waals surface area contributed by atoms with Gasteiger partial charge in [-0.15, -0.1) is 0 Å². The molecule has 0 spiro atoms. The van der Waals surface area contributed by atoms with Crippen LogP contribution >= 0.6 is 0 Å². The molecule has 170 valence electrons. The second-order valence-corrected chi connectivity index (χ2v) is 10.2. The molecule has 0 radical (unpaired) electrons. The first-order valence-corrected chi connectivity index (χ1v) is 12.1. The number of rotatable bonds is 7. The Labute approximate surface area is 198 Å². The average Bonchev–Trinajstić information content (AvgIpc) is 3.17. The van der Waals surface area contributed by atoms with Crippen molar-refractivity contribution in [2.75, 3.05) is 0 Å². The van der Waals surface area contributed by atoms with Crippen LogP contribution in [0, 0.1) is 0 Å². The van der Waals surface area contributed by atoms with Gasteiger partial charge in [-0.25, -0.2) is 0 Å². The molecule has 0 amide bonds. The van der Waals surface area contributed by atoms with Gasteiger partial charge in [-0.3, -0.25) is 0 Å². The van der Waals surface area contributed by atoms with Gasteiger partial charge in [-0.2, -0.15) is 9.13 Å². The fourth-order valence-electron chi connectivity index (χ4n) is 4.53. The lowest BCUT2D eigenvalue weighted by Crippen LogP contribution is -2.39. The van der Waals surface area contributed by atoms with Crippen molar-refractivity contribution in [2.45, 2.75) is 79.1 Å². The van der Waals surface area contributed by atoms with Crippen molar-refractivity contribution in [3.8, 4) is 11.4 Å². The van der Waals surface area contributed by atoms with E-state index in [0.717, 1.165) is 11.4 Å². The number of carbonyl (C=O) groups is 1. The molecule has 0 aliphatic carbocycles. The summed E-state index contributed by atoms with van der Waals surface area (Å²) in [5.74, 6) is 1.80. The van der Waals surface area contributed by atoms with E-state index in [0.29, 0.717) is 29.5 Å². The lowest BCUT2D eigenvalue weighted by atomic mass is 9.92. The van der Waals surface area contributed by atoms with Gasteiger partial charge in [0.2, 0.25) is 0 Å². The van der Waals surface area contributed by atoms with E-state index < -0.39 is 0 Å². The van der Waals surface area contributed by atoms with E-state index in [1.54, 1.807) is 0 Å². The van der Waals surface area contributed by atoms with Crippen LogP contribution in [0.1, 0.15) is 112 Å². The van der Waals surface area contributed by atoms with Crippen LogP contribution in [0.15, 0.2) is 48.8 Å². The Bertz CT molecular complexity index is 989. The van der Waals surface area contributed by atoms with Gasteiger partial charge in [0.1, 0.15) is 28.9 Å². The average molecular weight is 449 g/mol. The molecule has 0 atom stereocenters. The van der Waals surface area contributed by atoms with Crippen LogP contribution in [0.25, 0.3) is 11.4 Å². The molecule has 0 aliphatic heterocycles. The molecule has 1 aromatic heterocycles. The van der Waals surface area contributed by atoms with Gasteiger partial charge in [0.05, 0.1) is 0 Å². The Morgan fingerprint density at radius 2 is 1.16 bits per heavy atom. The Kier molecular flexibility index (Phi) is 7.24. The first kappa shape index (κ1) is 24.2. The molecule has 2 aromatic carbocycles. The second-order valence-electron chi connectivity index (χ2n) is 9.84. The van der Waals surface area contributed by atoms with Crippen LogP contribution in [0.5, 0.6) is 0 Å². The van der Waals surface area contributed by atoms with Crippen LogP contribution in [0.4, 0.5) is 0 Å². The van der Waals surface area contributed by atoms with E-state index in [9.17, 15) is 4.79 Å². The molecule has 4 heteroatoms. The standard InChI is InChI=1S/C28H36N2OS/c1-17(2)21-11-9-12-22(18(3)4)25(21)29-15-16-30(27(29)28(31)32)26-23(19(5)6)13-10-14-24(26)20(7)8/h9-20H,1-8H3. The molecule has 3 aromatic rings. The van der Waals surface area contributed by atoms with Crippen molar-refractivity contribution < 1.29 is 9.36 Å². The third kappa shape index (κ3) is 4.38. The number of hydrogen-bond donors (Lipinski definition) is 0. The second kappa shape index (κ2) is 9.58. The van der Waals surface area contributed by atoms with Gasteiger partial charge in [0.15, 0.2) is 0 Å². The van der Waals surface area contributed by atoms with Crippen molar-refractivity contribution in [2.24, 2.45) is 0 Å². The molecule has 1 heterocycles. The van der Waals surface area contributed by atoms with Crippen molar-refractivity contribution in [1.82, 2.24) is 4.57 Å². The van der Waals surface area contributed by atoms with Gasteiger partial charge >= 0.3 is 5.82 Å². The normalized spacial score (nSPS) is 11.9. The van der Waals surface area contributed by atoms with Crippen LogP contribution in [-0.2, 0) is 12.6 Å². The predicted molar refractivity (Wildman–Crippen MR) is 135 cm³/mol. The summed E-state index contributed by atoms with van der Waals surface area (Å²) in [7, 11) is 0. The first-order valence-electron chi connectivity index (χ1n) is 11.7. The van der Waals surface area contributed by atoms with Crippen molar-refractivity contribution >= 4 is 17.7 Å². The zero-order valence-corrected chi connectivity index (χ0v) is 21.5. The highest BCUT2D eigenvalue weighted by Gasteiger charge is 2.30. The lowest BCUT2D eigenvalue weighted by molar-refractivity contribution is -0.597. The van der Waals surface area contributed by atoms with E-state index in [2.05, 4.69) is 91.8 Å². The third-order valence-electron chi connectivity index (χ3n) is 6.17. The van der Waals surface area contributed by atoms with E-state index in [1.165, 1.54) is 22.3 Å². The van der Waals surface area contributed by atoms with Crippen molar-refractivity contribution in [3.05, 3.63) is 76.9 Å². The van der Waals surface area contributed by atoms with Crippen molar-refractivity contribution in [3.63, 3.8) is 0 Å². The predicted octanol–water partition coefficient (Wildman–Crippen LogP) is 6.93. The number of hydrogen-bond acceptors (Lipinski definition) is 2. The first-order chi connectivity index (χ1) is 15.1. The number of nitrogens with zero attached hydrogens (tertiary/aromatic N) is 2. The minimum absolute atomic E-state index is 0.321. The SMILES string of the molecule is CC(C)c1cccc(C(C)C)c1-n1cc[n+](-c2c(C(C)C)cccc2C(C)C)c1C(=O)[S-]. The fourth-order valence-corrected chi connectivity index (χ4v) is 4.72. The van der Waals surface area contributed by atoms with Gasteiger partial charge < -0.3 is 17.4 Å². The Morgan fingerprint density at radius 3 is 1.53 bits per heavy atom.